The Bertz CT molecular complexity index is 370. The summed E-state index contributed by atoms with van der Waals surface area (Å²) in [6.07, 6.45) is 1.01. The summed E-state index contributed by atoms with van der Waals surface area (Å²) in [4.78, 5) is 12.0. The Hall–Kier alpha value is -0.480. The van der Waals surface area contributed by atoms with Gasteiger partial charge < -0.3 is 5.32 Å². The van der Waals surface area contributed by atoms with Crippen molar-refractivity contribution in [1.82, 2.24) is 5.32 Å². The number of rotatable bonds is 6. The van der Waals surface area contributed by atoms with Crippen molar-refractivity contribution in [1.29, 1.82) is 0 Å². The molecule has 94 valence electrons. The van der Waals surface area contributed by atoms with E-state index in [0.29, 0.717) is 5.56 Å². The van der Waals surface area contributed by atoms with Gasteiger partial charge in [0.1, 0.15) is 0 Å². The van der Waals surface area contributed by atoms with Crippen molar-refractivity contribution in [2.24, 2.45) is 0 Å². The fourth-order valence-electron chi connectivity index (χ4n) is 1.42. The first-order valence-corrected chi connectivity index (χ1v) is 7.73. The van der Waals surface area contributed by atoms with E-state index in [2.05, 4.69) is 28.2 Å². The number of thioether (sulfide) groups is 1. The Morgan fingerprint density at radius 1 is 1.47 bits per heavy atom. The normalized spacial score (nSPS) is 12.2. The molecule has 0 bridgehead atoms. The van der Waals surface area contributed by atoms with Crippen LogP contribution in [0.5, 0.6) is 0 Å². The fourth-order valence-corrected chi connectivity index (χ4v) is 2.70. The first-order valence-electron chi connectivity index (χ1n) is 5.78. The van der Waals surface area contributed by atoms with Crippen molar-refractivity contribution in [3.63, 3.8) is 0 Å². The van der Waals surface area contributed by atoms with E-state index in [1.807, 2.05) is 43.0 Å². The highest BCUT2D eigenvalue weighted by molar-refractivity contribution is 9.10. The molecule has 1 aromatic rings. The maximum atomic E-state index is 12.0. The molecule has 0 spiro atoms. The number of hydrogen-bond donors (Lipinski definition) is 1. The fraction of sp³-hybridized carbons (Fsp3) is 0.462. The first kappa shape index (κ1) is 14.6. The average molecular weight is 316 g/mol. The van der Waals surface area contributed by atoms with E-state index in [9.17, 15) is 4.79 Å². The van der Waals surface area contributed by atoms with E-state index in [1.165, 1.54) is 0 Å². The van der Waals surface area contributed by atoms with Gasteiger partial charge in [-0.3, -0.25) is 4.79 Å². The number of hydrogen-bond acceptors (Lipinski definition) is 2. The highest BCUT2D eigenvalue weighted by Crippen LogP contribution is 2.16. The third-order valence-electron chi connectivity index (χ3n) is 2.40. The van der Waals surface area contributed by atoms with E-state index in [4.69, 9.17) is 0 Å². The van der Waals surface area contributed by atoms with Crippen molar-refractivity contribution in [3.8, 4) is 0 Å². The predicted octanol–water partition coefficient (Wildman–Crippen LogP) is 3.71. The van der Waals surface area contributed by atoms with Crippen molar-refractivity contribution >= 4 is 33.6 Å². The zero-order valence-corrected chi connectivity index (χ0v) is 12.6. The molecule has 1 unspecified atom stereocenters. The third-order valence-corrected chi connectivity index (χ3v) is 4.02. The molecule has 17 heavy (non-hydrogen) atoms. The minimum atomic E-state index is -0.00789. The molecule has 0 radical (unpaired) electrons. The van der Waals surface area contributed by atoms with Crippen LogP contribution in [0.1, 0.15) is 30.6 Å². The van der Waals surface area contributed by atoms with Gasteiger partial charge in [-0.1, -0.05) is 19.1 Å². The summed E-state index contributed by atoms with van der Waals surface area (Å²) in [5.74, 6) is 2.21. The molecular formula is C13H18BrNOS. The molecule has 1 rings (SSSR count). The van der Waals surface area contributed by atoms with Crippen LogP contribution < -0.4 is 5.32 Å². The van der Waals surface area contributed by atoms with E-state index in [-0.39, 0.29) is 11.9 Å². The van der Waals surface area contributed by atoms with Gasteiger partial charge in [0.25, 0.3) is 5.91 Å². The van der Waals surface area contributed by atoms with Gasteiger partial charge in [0.15, 0.2) is 0 Å². The van der Waals surface area contributed by atoms with Gasteiger partial charge >= 0.3 is 0 Å². The maximum absolute atomic E-state index is 12.0. The molecule has 1 amide bonds. The second kappa shape index (κ2) is 7.77. The van der Waals surface area contributed by atoms with Gasteiger partial charge in [0.05, 0.1) is 5.56 Å². The van der Waals surface area contributed by atoms with Crippen LogP contribution in [0.2, 0.25) is 0 Å². The summed E-state index contributed by atoms with van der Waals surface area (Å²) >= 11 is 5.29. The van der Waals surface area contributed by atoms with E-state index in [1.54, 1.807) is 0 Å². The average Bonchev–Trinajstić information content (AvgIpc) is 2.29. The predicted molar refractivity (Wildman–Crippen MR) is 78.7 cm³/mol. The maximum Gasteiger partial charge on any atom is 0.252 e. The second-order valence-electron chi connectivity index (χ2n) is 3.84. The molecule has 1 N–H and O–H groups in total. The van der Waals surface area contributed by atoms with Crippen LogP contribution in [0.4, 0.5) is 0 Å². The monoisotopic (exact) mass is 315 g/mol. The molecule has 0 heterocycles. The zero-order chi connectivity index (χ0) is 12.7. The van der Waals surface area contributed by atoms with Crippen LogP contribution in [0.25, 0.3) is 0 Å². The number of carbonyl (C=O) groups is 1. The summed E-state index contributed by atoms with van der Waals surface area (Å²) in [5, 5.41) is 3.01. The molecule has 0 aliphatic heterocycles. The van der Waals surface area contributed by atoms with E-state index in [0.717, 1.165) is 22.4 Å². The highest BCUT2D eigenvalue weighted by atomic mass is 79.9. The number of halogens is 1. The van der Waals surface area contributed by atoms with Gasteiger partial charge in [-0.15, -0.1) is 0 Å². The largest absolute Gasteiger partial charge is 0.350 e. The Morgan fingerprint density at radius 3 is 2.82 bits per heavy atom. The standard InChI is InChI=1S/C13H18BrNOS/c1-3-17-9-8-10(2)15-13(16)11-6-4-5-7-12(11)14/h4-7,10H,3,8-9H2,1-2H3,(H,15,16). The minimum Gasteiger partial charge on any atom is -0.350 e. The number of amides is 1. The molecule has 1 atom stereocenters. The lowest BCUT2D eigenvalue weighted by atomic mass is 10.2. The second-order valence-corrected chi connectivity index (χ2v) is 6.09. The Labute approximate surface area is 116 Å². The van der Waals surface area contributed by atoms with Gasteiger partial charge in [-0.2, -0.15) is 11.8 Å². The quantitative estimate of drug-likeness (QED) is 0.811. The lowest BCUT2D eigenvalue weighted by Crippen LogP contribution is -2.33. The molecule has 0 saturated heterocycles. The van der Waals surface area contributed by atoms with Crippen LogP contribution in [-0.4, -0.2) is 23.5 Å². The lowest BCUT2D eigenvalue weighted by Gasteiger charge is -2.14. The molecule has 0 saturated carbocycles. The summed E-state index contributed by atoms with van der Waals surface area (Å²) < 4.78 is 0.840. The summed E-state index contributed by atoms with van der Waals surface area (Å²) in [6.45, 7) is 4.19. The smallest absolute Gasteiger partial charge is 0.252 e. The molecule has 2 nitrogen and oxygen atoms in total. The minimum absolute atomic E-state index is 0.00789. The Balaban J connectivity index is 2.46. The van der Waals surface area contributed by atoms with Crippen LogP contribution in [0.3, 0.4) is 0 Å². The molecule has 0 fully saturated rings. The summed E-state index contributed by atoms with van der Waals surface area (Å²) in [5.41, 5.74) is 0.697. The lowest BCUT2D eigenvalue weighted by molar-refractivity contribution is 0.0939. The van der Waals surface area contributed by atoms with Crippen molar-refractivity contribution in [2.75, 3.05) is 11.5 Å². The third kappa shape index (κ3) is 5.13. The Kier molecular flexibility index (Phi) is 6.66. The Morgan fingerprint density at radius 2 is 2.18 bits per heavy atom. The molecule has 1 aromatic carbocycles. The van der Waals surface area contributed by atoms with Crippen LogP contribution >= 0.6 is 27.7 Å². The number of nitrogens with one attached hydrogen (secondary N) is 1. The van der Waals surface area contributed by atoms with Crippen LogP contribution in [0, 0.1) is 0 Å². The summed E-state index contributed by atoms with van der Waals surface area (Å²) in [6, 6.07) is 7.70. The van der Waals surface area contributed by atoms with E-state index >= 15 is 0 Å². The first-order chi connectivity index (χ1) is 8.15. The number of benzene rings is 1. The topological polar surface area (TPSA) is 29.1 Å². The van der Waals surface area contributed by atoms with Crippen molar-refractivity contribution in [3.05, 3.63) is 34.3 Å². The van der Waals surface area contributed by atoms with Gasteiger partial charge in [-0.05, 0) is 52.9 Å². The molecular weight excluding hydrogens is 298 g/mol. The molecule has 0 aromatic heterocycles. The van der Waals surface area contributed by atoms with Gasteiger partial charge in [-0.25, -0.2) is 0 Å². The molecule has 0 aliphatic carbocycles. The van der Waals surface area contributed by atoms with Crippen LogP contribution in [0.15, 0.2) is 28.7 Å². The zero-order valence-electron chi connectivity index (χ0n) is 10.2. The highest BCUT2D eigenvalue weighted by Gasteiger charge is 2.11. The summed E-state index contributed by atoms with van der Waals surface area (Å²) in [7, 11) is 0. The van der Waals surface area contributed by atoms with Crippen LogP contribution in [-0.2, 0) is 0 Å². The SMILES string of the molecule is CCSCCC(C)NC(=O)c1ccccc1Br. The van der Waals surface area contributed by atoms with E-state index < -0.39 is 0 Å². The van der Waals surface area contributed by atoms with Crippen molar-refractivity contribution < 1.29 is 4.79 Å². The van der Waals surface area contributed by atoms with Gasteiger partial charge in [0, 0.05) is 10.5 Å². The number of carbonyl (C=O) groups excluding carboxylic acids is 1. The molecule has 4 heteroatoms. The molecule has 0 aliphatic rings. The van der Waals surface area contributed by atoms with Crippen molar-refractivity contribution in [2.45, 2.75) is 26.3 Å². The van der Waals surface area contributed by atoms with Gasteiger partial charge in [0.2, 0.25) is 0 Å².